The van der Waals surface area contributed by atoms with Crippen LogP contribution in [-0.4, -0.2) is 26.6 Å². The van der Waals surface area contributed by atoms with Crippen molar-refractivity contribution < 1.29 is 14.3 Å². The van der Waals surface area contributed by atoms with E-state index in [9.17, 15) is 9.59 Å². The zero-order valence-corrected chi connectivity index (χ0v) is 22.2. The highest BCUT2D eigenvalue weighted by Crippen LogP contribution is 2.29. The van der Waals surface area contributed by atoms with Gasteiger partial charge in [0.2, 0.25) is 5.91 Å². The number of rotatable bonds is 9. The maximum absolute atomic E-state index is 12.5. The summed E-state index contributed by atoms with van der Waals surface area (Å²) < 4.78 is 7.31. The molecule has 0 saturated carbocycles. The fourth-order valence-corrected chi connectivity index (χ4v) is 5.44. The van der Waals surface area contributed by atoms with Crippen LogP contribution < -0.4 is 4.90 Å². The third kappa shape index (κ3) is 6.13. The highest BCUT2D eigenvalue weighted by Gasteiger charge is 2.18. The summed E-state index contributed by atoms with van der Waals surface area (Å²) in [6, 6.07) is 23.4. The Hall–Kier alpha value is -4.34. The maximum atomic E-state index is 12.5. The lowest BCUT2D eigenvalue weighted by Gasteiger charge is -2.17. The van der Waals surface area contributed by atoms with Crippen LogP contribution in [0.4, 0.5) is 10.8 Å². The molecule has 9 heteroatoms. The van der Waals surface area contributed by atoms with Crippen LogP contribution in [0.2, 0.25) is 0 Å². The smallest absolute Gasteiger partial charge is 0.331 e. The van der Waals surface area contributed by atoms with Crippen molar-refractivity contribution in [2.75, 3.05) is 4.90 Å². The van der Waals surface area contributed by atoms with E-state index >= 15 is 0 Å². The van der Waals surface area contributed by atoms with Crippen molar-refractivity contribution in [3.05, 3.63) is 113 Å². The number of benzene rings is 2. The van der Waals surface area contributed by atoms with Gasteiger partial charge in [-0.15, -0.1) is 22.7 Å². The van der Waals surface area contributed by atoms with Crippen LogP contribution in [0.3, 0.4) is 0 Å². The van der Waals surface area contributed by atoms with Gasteiger partial charge in [-0.1, -0.05) is 54.6 Å². The van der Waals surface area contributed by atoms with Crippen molar-refractivity contribution in [2.45, 2.75) is 20.1 Å². The number of carbonyl (C=O) groups is 2. The second-order valence-corrected chi connectivity index (χ2v) is 10.1. The first-order valence-electron chi connectivity index (χ1n) is 11.9. The molecule has 0 aliphatic carbocycles. The summed E-state index contributed by atoms with van der Waals surface area (Å²) in [6.45, 7) is 2.13. The molecule has 5 rings (SSSR count). The minimum atomic E-state index is -0.487. The second kappa shape index (κ2) is 11.8. The number of ether oxygens (including phenoxy) is 1. The van der Waals surface area contributed by atoms with Crippen molar-refractivity contribution in [1.29, 1.82) is 0 Å². The first kappa shape index (κ1) is 25.3. The van der Waals surface area contributed by atoms with Gasteiger partial charge in [0, 0.05) is 30.1 Å². The fourth-order valence-electron chi connectivity index (χ4n) is 3.84. The van der Waals surface area contributed by atoms with E-state index in [4.69, 9.17) is 9.84 Å². The number of amides is 1. The zero-order chi connectivity index (χ0) is 26.3. The largest absolute Gasteiger partial charge is 0.456 e. The summed E-state index contributed by atoms with van der Waals surface area (Å²) >= 11 is 2.92. The Kier molecular flexibility index (Phi) is 7.86. The van der Waals surface area contributed by atoms with Crippen molar-refractivity contribution >= 4 is 51.4 Å². The molecular weight excluding hydrogens is 516 g/mol. The van der Waals surface area contributed by atoms with Gasteiger partial charge in [-0.2, -0.15) is 5.10 Å². The molecule has 2 aromatic carbocycles. The molecule has 0 unspecified atom stereocenters. The summed E-state index contributed by atoms with van der Waals surface area (Å²) in [5.74, 6) is -0.634. The lowest BCUT2D eigenvalue weighted by atomic mass is 10.2. The third-order valence-corrected chi connectivity index (χ3v) is 7.30. The standard InChI is InChI=1S/C29H24N4O3S2/c1-21(34)33(25-11-6-3-7-12-25)29-30-24(20-38-29)19-36-27(35)15-14-23-18-32(17-22-9-4-2-5-10-22)31-28(23)26-13-8-16-37-26/h2-16,18,20H,17,19H2,1H3/b15-14+. The van der Waals surface area contributed by atoms with Crippen molar-refractivity contribution in [1.82, 2.24) is 14.8 Å². The molecule has 0 fully saturated rings. The molecule has 0 N–H and O–H groups in total. The summed E-state index contributed by atoms with van der Waals surface area (Å²) in [5.41, 5.74) is 4.09. The highest BCUT2D eigenvalue weighted by atomic mass is 32.1. The van der Waals surface area contributed by atoms with Crippen LogP contribution in [0.25, 0.3) is 16.6 Å². The van der Waals surface area contributed by atoms with Crippen molar-refractivity contribution in [3.8, 4) is 10.6 Å². The molecule has 0 bridgehead atoms. The number of esters is 1. The first-order chi connectivity index (χ1) is 18.6. The Balaban J connectivity index is 1.26. The molecule has 1 amide bonds. The van der Waals surface area contributed by atoms with E-state index in [0.717, 1.165) is 27.4 Å². The SMILES string of the molecule is CC(=O)N(c1ccccc1)c1nc(COC(=O)/C=C/c2cn(Cc3ccccc3)nc2-c2cccs2)cs1. The van der Waals surface area contributed by atoms with E-state index in [2.05, 4.69) is 17.1 Å². The predicted octanol–water partition coefficient (Wildman–Crippen LogP) is 6.56. The summed E-state index contributed by atoms with van der Waals surface area (Å²) in [5, 5.41) is 9.07. The minimum Gasteiger partial charge on any atom is -0.456 e. The van der Waals surface area contributed by atoms with Gasteiger partial charge >= 0.3 is 5.97 Å². The minimum absolute atomic E-state index is 0.00522. The predicted molar refractivity (Wildman–Crippen MR) is 151 cm³/mol. The quantitative estimate of drug-likeness (QED) is 0.156. The molecule has 0 aliphatic rings. The number of thiophene rings is 1. The van der Waals surface area contributed by atoms with E-state index in [1.54, 1.807) is 22.8 Å². The fraction of sp³-hybridized carbons (Fsp3) is 0.103. The second-order valence-electron chi connectivity index (χ2n) is 8.35. The van der Waals surface area contributed by atoms with Gasteiger partial charge in [-0.25, -0.2) is 9.78 Å². The molecule has 0 saturated heterocycles. The van der Waals surface area contributed by atoms with Gasteiger partial charge in [0.1, 0.15) is 12.3 Å². The van der Waals surface area contributed by atoms with Crippen molar-refractivity contribution in [2.24, 2.45) is 0 Å². The lowest BCUT2D eigenvalue weighted by molar-refractivity contribution is -0.139. The Bertz CT molecular complexity index is 1540. The third-order valence-electron chi connectivity index (χ3n) is 5.55. The molecule has 190 valence electrons. The monoisotopic (exact) mass is 540 g/mol. The van der Waals surface area contributed by atoms with Crippen LogP contribution >= 0.6 is 22.7 Å². The number of para-hydroxylation sites is 1. The number of nitrogens with zero attached hydrogens (tertiary/aromatic N) is 4. The summed E-state index contributed by atoms with van der Waals surface area (Å²) in [6.07, 6.45) is 5.06. The van der Waals surface area contributed by atoms with E-state index in [1.165, 1.54) is 29.2 Å². The molecular formula is C29H24N4O3S2. The molecule has 0 atom stereocenters. The normalized spacial score (nSPS) is 11.1. The van der Waals surface area contributed by atoms with E-state index < -0.39 is 5.97 Å². The summed E-state index contributed by atoms with van der Waals surface area (Å²) in [4.78, 5) is 31.8. The van der Waals surface area contributed by atoms with Crippen LogP contribution in [0, 0.1) is 0 Å². The van der Waals surface area contributed by atoms with Crippen LogP contribution in [-0.2, 0) is 27.5 Å². The Morgan fingerprint density at radius 1 is 1.00 bits per heavy atom. The van der Waals surface area contributed by atoms with Gasteiger partial charge in [-0.3, -0.25) is 14.4 Å². The molecule has 38 heavy (non-hydrogen) atoms. The van der Waals surface area contributed by atoms with E-state index in [0.29, 0.717) is 17.4 Å². The van der Waals surface area contributed by atoms with Crippen molar-refractivity contribution in [3.63, 3.8) is 0 Å². The molecule has 0 spiro atoms. The first-order valence-corrected chi connectivity index (χ1v) is 13.6. The van der Waals surface area contributed by atoms with Crippen LogP contribution in [0.5, 0.6) is 0 Å². The zero-order valence-electron chi connectivity index (χ0n) is 20.6. The van der Waals surface area contributed by atoms with E-state index in [1.807, 2.05) is 76.9 Å². The Morgan fingerprint density at radius 2 is 1.76 bits per heavy atom. The number of carbonyl (C=O) groups excluding carboxylic acids is 2. The molecule has 0 aliphatic heterocycles. The summed E-state index contributed by atoms with van der Waals surface area (Å²) in [7, 11) is 0. The Morgan fingerprint density at radius 3 is 2.47 bits per heavy atom. The average Bonchev–Trinajstić information content (AvgIpc) is 3.69. The van der Waals surface area contributed by atoms with Crippen LogP contribution in [0.15, 0.2) is 95.8 Å². The van der Waals surface area contributed by atoms with Gasteiger partial charge < -0.3 is 4.74 Å². The molecule has 3 aromatic heterocycles. The topological polar surface area (TPSA) is 77.3 Å². The number of thiazole rings is 1. The van der Waals surface area contributed by atoms with E-state index in [-0.39, 0.29) is 12.5 Å². The van der Waals surface area contributed by atoms with Gasteiger partial charge in [0.25, 0.3) is 0 Å². The number of anilines is 2. The molecule has 7 nitrogen and oxygen atoms in total. The lowest BCUT2D eigenvalue weighted by Crippen LogP contribution is -2.22. The molecule has 5 aromatic rings. The average molecular weight is 541 g/mol. The molecule has 0 radical (unpaired) electrons. The Labute approximate surface area is 228 Å². The molecule has 3 heterocycles. The maximum Gasteiger partial charge on any atom is 0.331 e. The number of aromatic nitrogens is 3. The number of hydrogen-bond acceptors (Lipinski definition) is 7. The van der Waals surface area contributed by atoms with Gasteiger partial charge in [0.05, 0.1) is 22.8 Å². The highest BCUT2D eigenvalue weighted by molar-refractivity contribution is 7.14. The van der Waals surface area contributed by atoms with Gasteiger partial charge in [0.15, 0.2) is 5.13 Å². The van der Waals surface area contributed by atoms with Gasteiger partial charge in [-0.05, 0) is 35.2 Å². The number of hydrogen-bond donors (Lipinski definition) is 0. The van der Waals surface area contributed by atoms with Crippen LogP contribution in [0.1, 0.15) is 23.7 Å².